The number of allylic oxidation sites excluding steroid dienone is 3. The van der Waals surface area contributed by atoms with Crippen molar-refractivity contribution in [1.82, 2.24) is 0 Å². The first-order valence-electron chi connectivity index (χ1n) is 11.8. The number of carboxylic acids is 2. The third-order valence-corrected chi connectivity index (χ3v) is 9.56. The highest BCUT2D eigenvalue weighted by molar-refractivity contribution is 6.03. The summed E-state index contributed by atoms with van der Waals surface area (Å²) in [6.45, 7) is 2.77. The quantitative estimate of drug-likeness (QED) is 0.377. The van der Waals surface area contributed by atoms with Crippen molar-refractivity contribution >= 4 is 23.5 Å². The van der Waals surface area contributed by atoms with Gasteiger partial charge >= 0.3 is 11.9 Å². The van der Waals surface area contributed by atoms with Crippen LogP contribution in [-0.2, 0) is 19.2 Å². The summed E-state index contributed by atoms with van der Waals surface area (Å²) in [6, 6.07) is 0. The van der Waals surface area contributed by atoms with E-state index in [0.29, 0.717) is 24.8 Å². The number of Topliss-reactive ketones (excluding diaryl/α,β-unsaturated/α-hetero) is 1. The molecule has 9 heteroatoms. The van der Waals surface area contributed by atoms with Gasteiger partial charge in [-0.25, -0.2) is 0 Å². The number of aliphatic hydroxyl groups excluding tert-OH is 2. The lowest BCUT2D eigenvalue weighted by molar-refractivity contribution is -0.179. The van der Waals surface area contributed by atoms with E-state index in [1.165, 1.54) is 12.2 Å². The lowest BCUT2D eigenvalue weighted by Gasteiger charge is -2.61. The van der Waals surface area contributed by atoms with E-state index < -0.39 is 70.9 Å². The molecule has 0 aromatic carbocycles. The number of fused-ring (bicyclic) bond motifs is 5. The molecule has 9 nitrogen and oxygen atoms in total. The van der Waals surface area contributed by atoms with E-state index in [1.807, 2.05) is 0 Å². The van der Waals surface area contributed by atoms with Gasteiger partial charge in [0.25, 0.3) is 0 Å². The van der Waals surface area contributed by atoms with Crippen molar-refractivity contribution < 1.29 is 44.7 Å². The van der Waals surface area contributed by atoms with Gasteiger partial charge in [0.1, 0.15) is 12.2 Å². The summed E-state index contributed by atoms with van der Waals surface area (Å²) in [5.74, 6) is -5.98. The van der Waals surface area contributed by atoms with Gasteiger partial charge in [0.2, 0.25) is 0 Å². The first-order valence-corrected chi connectivity index (χ1v) is 11.8. The van der Waals surface area contributed by atoms with Crippen molar-refractivity contribution in [3.8, 4) is 0 Å². The van der Waals surface area contributed by atoms with Crippen LogP contribution in [-0.4, -0.2) is 67.3 Å². The Balaban J connectivity index is 1.81. The maximum Gasteiger partial charge on any atom is 0.311 e. The van der Waals surface area contributed by atoms with Crippen LogP contribution in [0.2, 0.25) is 0 Å². The first-order chi connectivity index (χ1) is 15.8. The minimum absolute atomic E-state index is 0.0713. The topological polar surface area (TPSA) is 169 Å². The number of carboxylic acid groups (broad SMARTS) is 2. The number of hydrogen-bond donors (Lipinski definition) is 5. The summed E-state index contributed by atoms with van der Waals surface area (Å²) < 4.78 is 0. The molecule has 4 rings (SSSR count). The number of carbonyl (C=O) groups is 4. The first kappa shape index (κ1) is 24.8. The molecule has 4 aliphatic rings. The summed E-state index contributed by atoms with van der Waals surface area (Å²) in [5, 5.41) is 51.6. The van der Waals surface area contributed by atoms with Gasteiger partial charge in [0, 0.05) is 16.7 Å². The lowest BCUT2D eigenvalue weighted by Crippen LogP contribution is -2.62. The van der Waals surface area contributed by atoms with E-state index in [0.717, 1.165) is 0 Å². The zero-order chi connectivity index (χ0) is 25.2. The third-order valence-electron chi connectivity index (χ3n) is 9.56. The van der Waals surface area contributed by atoms with Crippen LogP contribution < -0.4 is 0 Å². The van der Waals surface area contributed by atoms with Gasteiger partial charge in [-0.3, -0.25) is 19.2 Å². The van der Waals surface area contributed by atoms with Crippen molar-refractivity contribution in [2.45, 2.75) is 64.1 Å². The van der Waals surface area contributed by atoms with Gasteiger partial charge in [-0.2, -0.15) is 0 Å². The smallest absolute Gasteiger partial charge is 0.311 e. The SMILES string of the molecule is C[C@@]12C(=CC(=O)C=C1C(CC(=O)O)C(=O)O)CC[C@@H]1[C@@H]2[C@@H](O)C[C@@]2(C)[C@H]1CC[C@]2(O)C(=O)CO. The van der Waals surface area contributed by atoms with Gasteiger partial charge in [0.15, 0.2) is 11.6 Å². The Labute approximate surface area is 197 Å². The molecule has 8 atom stereocenters. The maximum absolute atomic E-state index is 12.6. The van der Waals surface area contributed by atoms with Gasteiger partial charge in [-0.05, 0) is 61.7 Å². The lowest BCUT2D eigenvalue weighted by atomic mass is 9.44. The van der Waals surface area contributed by atoms with E-state index in [-0.39, 0.29) is 30.3 Å². The standard InChI is InChI=1S/C25H32O9/c1-23-10-18(28)21-14(16(23)5-6-25(23,34)19(29)11-26)4-3-12-7-13(27)8-17(24(12,21)2)15(22(32)33)9-20(30)31/h7-8,14-16,18,21,26,28,34H,3-6,9-11H2,1-2H3,(H,30,31)(H,32,33)/t14-,15?,16-,18-,21+,23-,24+,25-/m0/s1. The monoisotopic (exact) mass is 476 g/mol. The van der Waals surface area contributed by atoms with Crippen molar-refractivity contribution in [2.24, 2.45) is 34.5 Å². The molecule has 0 heterocycles. The van der Waals surface area contributed by atoms with Crippen LogP contribution in [0.3, 0.4) is 0 Å². The highest BCUT2D eigenvalue weighted by Crippen LogP contribution is 2.68. The number of hydrogen-bond acceptors (Lipinski definition) is 7. The van der Waals surface area contributed by atoms with E-state index in [4.69, 9.17) is 0 Å². The average Bonchev–Trinajstić information content (AvgIpc) is 3.02. The molecule has 0 aromatic rings. The molecular formula is C25H32O9. The van der Waals surface area contributed by atoms with Crippen LogP contribution >= 0.6 is 0 Å². The molecule has 4 aliphatic carbocycles. The summed E-state index contributed by atoms with van der Waals surface area (Å²) in [6.07, 6.45) is 2.77. The van der Waals surface area contributed by atoms with Crippen LogP contribution in [0.5, 0.6) is 0 Å². The molecule has 3 fully saturated rings. The van der Waals surface area contributed by atoms with E-state index in [2.05, 4.69) is 0 Å². The summed E-state index contributed by atoms with van der Waals surface area (Å²) in [7, 11) is 0. The van der Waals surface area contributed by atoms with Crippen LogP contribution in [0.25, 0.3) is 0 Å². The van der Waals surface area contributed by atoms with Crippen LogP contribution in [0.4, 0.5) is 0 Å². The predicted octanol–water partition coefficient (Wildman–Crippen LogP) is 1.10. The zero-order valence-corrected chi connectivity index (χ0v) is 19.4. The van der Waals surface area contributed by atoms with Crippen molar-refractivity contribution in [1.29, 1.82) is 0 Å². The molecule has 5 N–H and O–H groups in total. The minimum Gasteiger partial charge on any atom is -0.481 e. The largest absolute Gasteiger partial charge is 0.481 e. The molecule has 3 saturated carbocycles. The van der Waals surface area contributed by atoms with Gasteiger partial charge in [-0.1, -0.05) is 19.4 Å². The number of carbonyl (C=O) groups excluding carboxylic acids is 2. The average molecular weight is 477 g/mol. The van der Waals surface area contributed by atoms with Crippen molar-refractivity contribution in [3.63, 3.8) is 0 Å². The molecule has 0 amide bonds. The fraction of sp³-hybridized carbons (Fsp3) is 0.680. The van der Waals surface area contributed by atoms with E-state index >= 15 is 0 Å². The van der Waals surface area contributed by atoms with Crippen LogP contribution in [0, 0.1) is 34.5 Å². The molecule has 0 aromatic heterocycles. The number of rotatable bonds is 6. The molecule has 186 valence electrons. The van der Waals surface area contributed by atoms with Crippen LogP contribution in [0.1, 0.15) is 52.4 Å². The Bertz CT molecular complexity index is 1010. The van der Waals surface area contributed by atoms with Crippen LogP contribution in [0.15, 0.2) is 23.3 Å². The zero-order valence-electron chi connectivity index (χ0n) is 19.4. The summed E-state index contributed by atoms with van der Waals surface area (Å²) >= 11 is 0. The minimum atomic E-state index is -1.76. The second-order valence-corrected chi connectivity index (χ2v) is 10.9. The van der Waals surface area contributed by atoms with E-state index in [9.17, 15) is 44.7 Å². The molecule has 0 bridgehead atoms. The van der Waals surface area contributed by atoms with Gasteiger partial charge in [0.05, 0.1) is 18.4 Å². The molecular weight excluding hydrogens is 444 g/mol. The number of aliphatic hydroxyl groups is 3. The van der Waals surface area contributed by atoms with E-state index in [1.54, 1.807) is 13.8 Å². The molecule has 34 heavy (non-hydrogen) atoms. The second-order valence-electron chi connectivity index (χ2n) is 10.9. The molecule has 1 unspecified atom stereocenters. The fourth-order valence-electron chi connectivity index (χ4n) is 8.04. The predicted molar refractivity (Wildman–Crippen MR) is 117 cm³/mol. The molecule has 0 spiro atoms. The molecule has 0 radical (unpaired) electrons. The van der Waals surface area contributed by atoms with Crippen molar-refractivity contribution in [2.75, 3.05) is 6.61 Å². The summed E-state index contributed by atoms with van der Waals surface area (Å²) in [4.78, 5) is 48.7. The Hall–Kier alpha value is -2.36. The normalized spacial score (nSPS) is 42.0. The van der Waals surface area contributed by atoms with Gasteiger partial charge in [-0.15, -0.1) is 0 Å². The highest BCUT2D eigenvalue weighted by Gasteiger charge is 2.69. The maximum atomic E-state index is 12.6. The fourth-order valence-corrected chi connectivity index (χ4v) is 8.04. The Morgan fingerprint density at radius 3 is 2.41 bits per heavy atom. The Morgan fingerprint density at radius 1 is 1.15 bits per heavy atom. The Morgan fingerprint density at radius 2 is 1.82 bits per heavy atom. The third kappa shape index (κ3) is 3.24. The molecule has 0 saturated heterocycles. The molecule has 0 aliphatic heterocycles. The highest BCUT2D eigenvalue weighted by atomic mass is 16.4. The Kier molecular flexibility index (Phi) is 5.90. The number of aliphatic carboxylic acids is 2. The second kappa shape index (κ2) is 8.10. The van der Waals surface area contributed by atoms with Crippen molar-refractivity contribution in [3.05, 3.63) is 23.3 Å². The summed E-state index contributed by atoms with van der Waals surface area (Å²) in [5.41, 5.74) is -2.88. The van der Waals surface area contributed by atoms with Gasteiger partial charge < -0.3 is 25.5 Å². The number of ketones is 2.